The molecule has 2 aromatic rings. The second kappa shape index (κ2) is 3.98. The topological polar surface area (TPSA) is 56.7 Å². The molecule has 1 saturated carbocycles. The lowest BCUT2D eigenvalue weighted by Gasteiger charge is -2.04. The lowest BCUT2D eigenvalue weighted by Crippen LogP contribution is -2.03. The van der Waals surface area contributed by atoms with Gasteiger partial charge >= 0.3 is 0 Å². The number of fused-ring (bicyclic) bond motifs is 1. The largest absolute Gasteiger partial charge is 0.369 e. The number of nitrogens with two attached hydrogens (primary N) is 1. The fraction of sp³-hybridized carbons (Fsp3) is 0.500. The smallest absolute Gasteiger partial charge is 0.202 e. The molecule has 0 amide bonds. The molecule has 0 spiro atoms. The summed E-state index contributed by atoms with van der Waals surface area (Å²) in [7, 11) is 0. The first-order valence-electron chi connectivity index (χ1n) is 5.99. The summed E-state index contributed by atoms with van der Waals surface area (Å²) in [5, 5.41) is 0. The Morgan fingerprint density at radius 2 is 2.41 bits per heavy atom. The van der Waals surface area contributed by atoms with Crippen molar-refractivity contribution in [1.29, 1.82) is 0 Å². The second-order valence-electron chi connectivity index (χ2n) is 4.69. The minimum Gasteiger partial charge on any atom is -0.369 e. The highest BCUT2D eigenvalue weighted by Crippen LogP contribution is 2.48. The Balaban J connectivity index is 2.02. The number of hydrogen-bond acceptors (Lipinski definition) is 3. The van der Waals surface area contributed by atoms with Gasteiger partial charge in [0.25, 0.3) is 0 Å². The molecular weight excluding hydrogens is 280 g/mol. The Labute approximate surface area is 108 Å². The van der Waals surface area contributed by atoms with Crippen molar-refractivity contribution in [3.05, 3.63) is 16.7 Å². The minimum absolute atomic E-state index is 0.508. The summed E-state index contributed by atoms with van der Waals surface area (Å²) in [6.45, 7) is 2.22. The molecule has 2 N–H and O–H groups in total. The molecule has 2 heterocycles. The molecule has 1 aliphatic carbocycles. The highest BCUT2D eigenvalue weighted by molar-refractivity contribution is 9.10. The first kappa shape index (κ1) is 11.0. The Kier molecular flexibility index (Phi) is 2.58. The SMILES string of the molecule is CCCC1CC1n1c(N)nc2cc(Br)cnc21. The van der Waals surface area contributed by atoms with Crippen LogP contribution in [0.2, 0.25) is 0 Å². The normalized spacial score (nSPS) is 23.2. The number of imidazole rings is 1. The van der Waals surface area contributed by atoms with Crippen molar-refractivity contribution in [2.45, 2.75) is 32.2 Å². The quantitative estimate of drug-likeness (QED) is 0.946. The van der Waals surface area contributed by atoms with Gasteiger partial charge in [0.05, 0.1) is 0 Å². The van der Waals surface area contributed by atoms with Crippen LogP contribution in [0.5, 0.6) is 0 Å². The average molecular weight is 295 g/mol. The molecule has 0 saturated heterocycles. The fourth-order valence-electron chi connectivity index (χ4n) is 2.53. The van der Waals surface area contributed by atoms with Crippen LogP contribution in [0.4, 0.5) is 5.95 Å². The zero-order valence-electron chi connectivity index (χ0n) is 9.73. The Morgan fingerprint density at radius 3 is 3.18 bits per heavy atom. The number of pyridine rings is 1. The van der Waals surface area contributed by atoms with Gasteiger partial charge in [-0.2, -0.15) is 0 Å². The van der Waals surface area contributed by atoms with E-state index < -0.39 is 0 Å². The number of hydrogen-bond donors (Lipinski definition) is 1. The monoisotopic (exact) mass is 294 g/mol. The van der Waals surface area contributed by atoms with Crippen molar-refractivity contribution in [2.24, 2.45) is 5.92 Å². The van der Waals surface area contributed by atoms with Crippen LogP contribution in [-0.4, -0.2) is 14.5 Å². The number of anilines is 1. The Hall–Kier alpha value is -1.10. The van der Waals surface area contributed by atoms with Crippen LogP contribution in [0.25, 0.3) is 11.2 Å². The van der Waals surface area contributed by atoms with Gasteiger partial charge in [0, 0.05) is 16.7 Å². The van der Waals surface area contributed by atoms with Crippen molar-refractivity contribution in [3.63, 3.8) is 0 Å². The summed E-state index contributed by atoms with van der Waals surface area (Å²) in [6.07, 6.45) is 5.51. The summed E-state index contributed by atoms with van der Waals surface area (Å²) >= 11 is 3.40. The van der Waals surface area contributed by atoms with E-state index in [4.69, 9.17) is 5.73 Å². The van der Waals surface area contributed by atoms with Crippen LogP contribution in [0, 0.1) is 5.92 Å². The van der Waals surface area contributed by atoms with Gasteiger partial charge in [-0.15, -0.1) is 0 Å². The second-order valence-corrected chi connectivity index (χ2v) is 5.60. The van der Waals surface area contributed by atoms with E-state index in [2.05, 4.69) is 37.4 Å². The van der Waals surface area contributed by atoms with Gasteiger partial charge in [-0.3, -0.25) is 4.57 Å². The maximum absolute atomic E-state index is 6.00. The van der Waals surface area contributed by atoms with Crippen molar-refractivity contribution in [2.75, 3.05) is 5.73 Å². The number of aromatic nitrogens is 3. The van der Waals surface area contributed by atoms with Crippen molar-refractivity contribution in [1.82, 2.24) is 14.5 Å². The van der Waals surface area contributed by atoms with Gasteiger partial charge in [0.1, 0.15) is 5.52 Å². The predicted octanol–water partition coefficient (Wildman–Crippen LogP) is 3.14. The third-order valence-electron chi connectivity index (χ3n) is 3.40. The highest BCUT2D eigenvalue weighted by atomic mass is 79.9. The molecule has 17 heavy (non-hydrogen) atoms. The number of nitrogens with zero attached hydrogens (tertiary/aromatic N) is 3. The highest BCUT2D eigenvalue weighted by Gasteiger charge is 2.39. The Morgan fingerprint density at radius 1 is 1.59 bits per heavy atom. The van der Waals surface area contributed by atoms with Gasteiger partial charge in [0.15, 0.2) is 5.65 Å². The summed E-state index contributed by atoms with van der Waals surface area (Å²) in [5.74, 6) is 1.35. The van der Waals surface area contributed by atoms with E-state index in [0.29, 0.717) is 12.0 Å². The van der Waals surface area contributed by atoms with Crippen molar-refractivity contribution >= 4 is 33.0 Å². The van der Waals surface area contributed by atoms with Crippen LogP contribution in [0.15, 0.2) is 16.7 Å². The van der Waals surface area contributed by atoms with Crippen LogP contribution in [0.1, 0.15) is 32.2 Å². The molecule has 2 unspecified atom stereocenters. The van der Waals surface area contributed by atoms with E-state index in [1.807, 2.05) is 6.07 Å². The standard InChI is InChI=1S/C12H15BrN4/c1-2-3-7-4-10(7)17-11-9(16-12(17)14)5-8(13)6-15-11/h5-7,10H,2-4H2,1H3,(H2,14,16). The van der Waals surface area contributed by atoms with Crippen molar-refractivity contribution in [3.8, 4) is 0 Å². The van der Waals surface area contributed by atoms with E-state index in [1.165, 1.54) is 19.3 Å². The van der Waals surface area contributed by atoms with E-state index in [9.17, 15) is 0 Å². The Bertz CT molecular complexity index is 563. The molecule has 0 bridgehead atoms. The zero-order valence-corrected chi connectivity index (χ0v) is 11.3. The minimum atomic E-state index is 0.508. The van der Waals surface area contributed by atoms with Crippen LogP contribution >= 0.6 is 15.9 Å². The lowest BCUT2D eigenvalue weighted by molar-refractivity contribution is 0.619. The first-order chi connectivity index (χ1) is 8.20. The summed E-state index contributed by atoms with van der Waals surface area (Å²) in [5.41, 5.74) is 7.78. The predicted molar refractivity (Wildman–Crippen MR) is 71.7 cm³/mol. The van der Waals surface area contributed by atoms with Gasteiger partial charge in [0.2, 0.25) is 5.95 Å². The number of nitrogen functional groups attached to an aromatic ring is 1. The summed E-state index contributed by atoms with van der Waals surface area (Å²) in [4.78, 5) is 8.81. The maximum atomic E-state index is 6.00. The maximum Gasteiger partial charge on any atom is 0.202 e. The number of halogens is 1. The third kappa shape index (κ3) is 1.82. The molecule has 2 atom stereocenters. The molecule has 2 aromatic heterocycles. The third-order valence-corrected chi connectivity index (χ3v) is 3.83. The fourth-order valence-corrected chi connectivity index (χ4v) is 2.85. The van der Waals surface area contributed by atoms with Gasteiger partial charge < -0.3 is 5.73 Å². The molecule has 3 rings (SSSR count). The van der Waals surface area contributed by atoms with E-state index in [-0.39, 0.29) is 0 Å². The first-order valence-corrected chi connectivity index (χ1v) is 6.79. The molecular formula is C12H15BrN4. The molecule has 90 valence electrons. The molecule has 1 fully saturated rings. The van der Waals surface area contributed by atoms with Gasteiger partial charge in [-0.1, -0.05) is 13.3 Å². The van der Waals surface area contributed by atoms with E-state index in [1.54, 1.807) is 6.20 Å². The van der Waals surface area contributed by atoms with Gasteiger partial charge in [-0.05, 0) is 40.8 Å². The van der Waals surface area contributed by atoms with E-state index >= 15 is 0 Å². The molecule has 4 nitrogen and oxygen atoms in total. The summed E-state index contributed by atoms with van der Waals surface area (Å²) in [6, 6.07) is 2.47. The van der Waals surface area contributed by atoms with Gasteiger partial charge in [-0.25, -0.2) is 9.97 Å². The van der Waals surface area contributed by atoms with E-state index in [0.717, 1.165) is 21.6 Å². The zero-order chi connectivity index (χ0) is 12.0. The summed E-state index contributed by atoms with van der Waals surface area (Å²) < 4.78 is 3.04. The molecule has 0 radical (unpaired) electrons. The van der Waals surface area contributed by atoms with Crippen LogP contribution in [0.3, 0.4) is 0 Å². The average Bonchev–Trinajstić information content (AvgIpc) is 2.94. The van der Waals surface area contributed by atoms with Crippen LogP contribution < -0.4 is 5.73 Å². The number of rotatable bonds is 3. The molecule has 0 aliphatic heterocycles. The molecule has 1 aliphatic rings. The lowest BCUT2D eigenvalue weighted by atomic mass is 10.2. The molecule has 5 heteroatoms. The molecule has 0 aromatic carbocycles. The van der Waals surface area contributed by atoms with Crippen molar-refractivity contribution < 1.29 is 0 Å². The van der Waals surface area contributed by atoms with Crippen LogP contribution in [-0.2, 0) is 0 Å².